The van der Waals surface area contributed by atoms with E-state index < -0.39 is 0 Å². The SMILES string of the molecule is CC(=O)NCc1ccc2c(c1)nc(C1CC1)n2C. The Balaban J connectivity index is 1.94. The van der Waals surface area contributed by atoms with Crippen LogP contribution in [0.2, 0.25) is 0 Å². The maximum Gasteiger partial charge on any atom is 0.217 e. The molecule has 0 radical (unpaired) electrons. The lowest BCUT2D eigenvalue weighted by Crippen LogP contribution is -2.18. The highest BCUT2D eigenvalue weighted by Gasteiger charge is 2.28. The Labute approximate surface area is 106 Å². The van der Waals surface area contributed by atoms with Gasteiger partial charge in [0.15, 0.2) is 0 Å². The fourth-order valence-corrected chi connectivity index (χ4v) is 2.31. The molecule has 1 saturated carbocycles. The quantitative estimate of drug-likeness (QED) is 0.897. The van der Waals surface area contributed by atoms with E-state index >= 15 is 0 Å². The number of aromatic nitrogens is 2. The molecule has 1 amide bonds. The smallest absolute Gasteiger partial charge is 0.217 e. The molecule has 4 heteroatoms. The predicted molar refractivity (Wildman–Crippen MR) is 70.2 cm³/mol. The zero-order valence-electron chi connectivity index (χ0n) is 10.7. The van der Waals surface area contributed by atoms with Gasteiger partial charge in [0.25, 0.3) is 0 Å². The third kappa shape index (κ3) is 1.98. The summed E-state index contributed by atoms with van der Waals surface area (Å²) in [4.78, 5) is 15.6. The van der Waals surface area contributed by atoms with Gasteiger partial charge < -0.3 is 9.88 Å². The number of fused-ring (bicyclic) bond motifs is 1. The van der Waals surface area contributed by atoms with Crippen molar-refractivity contribution in [2.24, 2.45) is 7.05 Å². The van der Waals surface area contributed by atoms with Gasteiger partial charge in [0.1, 0.15) is 5.82 Å². The lowest BCUT2D eigenvalue weighted by molar-refractivity contribution is -0.119. The maximum absolute atomic E-state index is 10.9. The highest BCUT2D eigenvalue weighted by atomic mass is 16.1. The predicted octanol–water partition coefficient (Wildman–Crippen LogP) is 2.09. The number of hydrogen-bond donors (Lipinski definition) is 1. The second kappa shape index (κ2) is 4.12. The molecule has 0 unspecified atom stereocenters. The summed E-state index contributed by atoms with van der Waals surface area (Å²) >= 11 is 0. The average Bonchev–Trinajstić information content (AvgIpc) is 3.13. The van der Waals surface area contributed by atoms with E-state index in [-0.39, 0.29) is 5.91 Å². The van der Waals surface area contributed by atoms with Gasteiger partial charge in [-0.15, -0.1) is 0 Å². The van der Waals surface area contributed by atoms with E-state index in [2.05, 4.69) is 35.1 Å². The number of nitrogens with one attached hydrogen (secondary N) is 1. The van der Waals surface area contributed by atoms with Gasteiger partial charge in [0, 0.05) is 26.4 Å². The molecule has 0 spiro atoms. The Morgan fingerprint density at radius 2 is 2.28 bits per heavy atom. The van der Waals surface area contributed by atoms with E-state index in [1.807, 2.05) is 0 Å². The Kier molecular flexibility index (Phi) is 2.58. The molecular formula is C14H17N3O. The fraction of sp³-hybridized carbons (Fsp3) is 0.429. The lowest BCUT2D eigenvalue weighted by atomic mass is 10.2. The first kappa shape index (κ1) is 11.3. The van der Waals surface area contributed by atoms with Gasteiger partial charge >= 0.3 is 0 Å². The molecule has 0 atom stereocenters. The van der Waals surface area contributed by atoms with Gasteiger partial charge in [0.2, 0.25) is 5.91 Å². The van der Waals surface area contributed by atoms with Gasteiger partial charge in [-0.1, -0.05) is 6.07 Å². The van der Waals surface area contributed by atoms with E-state index in [9.17, 15) is 4.79 Å². The summed E-state index contributed by atoms with van der Waals surface area (Å²) in [6, 6.07) is 6.21. The van der Waals surface area contributed by atoms with E-state index in [0.29, 0.717) is 12.5 Å². The van der Waals surface area contributed by atoms with E-state index in [4.69, 9.17) is 4.98 Å². The van der Waals surface area contributed by atoms with Crippen molar-refractivity contribution in [3.63, 3.8) is 0 Å². The van der Waals surface area contributed by atoms with Crippen molar-refractivity contribution < 1.29 is 4.79 Å². The van der Waals surface area contributed by atoms with Gasteiger partial charge in [0.05, 0.1) is 11.0 Å². The number of amides is 1. The number of hydrogen-bond acceptors (Lipinski definition) is 2. The van der Waals surface area contributed by atoms with E-state index in [1.54, 1.807) is 0 Å². The van der Waals surface area contributed by atoms with Crippen LogP contribution in [0.15, 0.2) is 18.2 Å². The van der Waals surface area contributed by atoms with Crippen molar-refractivity contribution in [2.45, 2.75) is 32.2 Å². The minimum absolute atomic E-state index is 0.00483. The normalized spacial score (nSPS) is 15.0. The van der Waals surface area contributed by atoms with Crippen LogP contribution in [0.1, 0.15) is 37.1 Å². The second-order valence-electron chi connectivity index (χ2n) is 5.04. The summed E-state index contributed by atoms with van der Waals surface area (Å²) in [5.41, 5.74) is 3.30. The minimum Gasteiger partial charge on any atom is -0.352 e. The number of imidazole rings is 1. The summed E-state index contributed by atoms with van der Waals surface area (Å²) in [7, 11) is 2.08. The molecule has 18 heavy (non-hydrogen) atoms. The monoisotopic (exact) mass is 243 g/mol. The first-order valence-electron chi connectivity index (χ1n) is 6.35. The van der Waals surface area contributed by atoms with Crippen LogP contribution in [-0.4, -0.2) is 15.5 Å². The Hall–Kier alpha value is -1.84. The zero-order valence-corrected chi connectivity index (χ0v) is 10.7. The summed E-state index contributed by atoms with van der Waals surface area (Å²) in [6.07, 6.45) is 2.52. The Morgan fingerprint density at radius 3 is 2.94 bits per heavy atom. The molecule has 94 valence electrons. The van der Waals surface area contributed by atoms with Crippen LogP contribution in [0.5, 0.6) is 0 Å². The number of carbonyl (C=O) groups excluding carboxylic acids is 1. The summed E-state index contributed by atoms with van der Waals surface area (Å²) < 4.78 is 2.19. The minimum atomic E-state index is -0.00483. The van der Waals surface area contributed by atoms with Gasteiger partial charge in [-0.25, -0.2) is 4.98 Å². The van der Waals surface area contributed by atoms with E-state index in [1.165, 1.54) is 31.1 Å². The van der Waals surface area contributed by atoms with Crippen molar-refractivity contribution in [3.8, 4) is 0 Å². The molecule has 1 N–H and O–H groups in total. The van der Waals surface area contributed by atoms with Gasteiger partial charge in [-0.05, 0) is 30.5 Å². The van der Waals surface area contributed by atoms with Crippen LogP contribution in [0.3, 0.4) is 0 Å². The first-order valence-corrected chi connectivity index (χ1v) is 6.35. The highest BCUT2D eigenvalue weighted by Crippen LogP contribution is 2.40. The summed E-state index contributed by atoms with van der Waals surface area (Å²) in [6.45, 7) is 2.10. The number of nitrogens with zero attached hydrogens (tertiary/aromatic N) is 2. The van der Waals surface area contributed by atoms with Crippen LogP contribution in [0.4, 0.5) is 0 Å². The molecule has 0 aliphatic heterocycles. The first-order chi connectivity index (χ1) is 8.65. The van der Waals surface area contributed by atoms with Crippen molar-refractivity contribution >= 4 is 16.9 Å². The Bertz CT molecular complexity index is 611. The molecule has 0 bridgehead atoms. The number of carbonyl (C=O) groups is 1. The molecule has 3 rings (SSSR count). The highest BCUT2D eigenvalue weighted by molar-refractivity contribution is 5.77. The number of rotatable bonds is 3. The number of aryl methyl sites for hydroxylation is 1. The van der Waals surface area contributed by atoms with Crippen LogP contribution in [0, 0.1) is 0 Å². The Morgan fingerprint density at radius 1 is 1.50 bits per heavy atom. The van der Waals surface area contributed by atoms with Crippen molar-refractivity contribution in [1.29, 1.82) is 0 Å². The van der Waals surface area contributed by atoms with Crippen molar-refractivity contribution in [2.75, 3.05) is 0 Å². The average molecular weight is 243 g/mol. The molecular weight excluding hydrogens is 226 g/mol. The zero-order chi connectivity index (χ0) is 12.7. The molecule has 1 aromatic heterocycles. The molecule has 1 fully saturated rings. The molecule has 0 saturated heterocycles. The van der Waals surface area contributed by atoms with Crippen LogP contribution >= 0.6 is 0 Å². The third-order valence-corrected chi connectivity index (χ3v) is 3.46. The molecule has 1 aliphatic rings. The molecule has 4 nitrogen and oxygen atoms in total. The van der Waals surface area contributed by atoms with Crippen LogP contribution in [-0.2, 0) is 18.4 Å². The fourth-order valence-electron chi connectivity index (χ4n) is 2.31. The topological polar surface area (TPSA) is 46.9 Å². The van der Waals surface area contributed by atoms with Crippen LogP contribution < -0.4 is 5.32 Å². The van der Waals surface area contributed by atoms with Crippen molar-refractivity contribution in [1.82, 2.24) is 14.9 Å². The molecule has 1 aliphatic carbocycles. The molecule has 1 aromatic carbocycles. The summed E-state index contributed by atoms with van der Waals surface area (Å²) in [5.74, 6) is 1.85. The van der Waals surface area contributed by atoms with Gasteiger partial charge in [-0.3, -0.25) is 4.79 Å². The lowest BCUT2D eigenvalue weighted by Gasteiger charge is -2.03. The maximum atomic E-state index is 10.9. The van der Waals surface area contributed by atoms with E-state index in [0.717, 1.165) is 11.1 Å². The third-order valence-electron chi connectivity index (χ3n) is 3.46. The van der Waals surface area contributed by atoms with Crippen LogP contribution in [0.25, 0.3) is 11.0 Å². The van der Waals surface area contributed by atoms with Gasteiger partial charge in [-0.2, -0.15) is 0 Å². The molecule has 2 aromatic rings. The largest absolute Gasteiger partial charge is 0.352 e. The summed E-state index contributed by atoms with van der Waals surface area (Å²) in [5, 5.41) is 2.81. The molecule has 1 heterocycles. The standard InChI is InChI=1S/C14H17N3O/c1-9(18)15-8-10-3-6-13-12(7-10)16-14(17(13)2)11-4-5-11/h3,6-7,11H,4-5,8H2,1-2H3,(H,15,18). The number of benzene rings is 1. The second-order valence-corrected chi connectivity index (χ2v) is 5.04. The van der Waals surface area contributed by atoms with Crippen molar-refractivity contribution in [3.05, 3.63) is 29.6 Å².